The first kappa shape index (κ1) is 14.0. The summed E-state index contributed by atoms with van der Waals surface area (Å²) in [6.07, 6.45) is 10.7. The van der Waals surface area contributed by atoms with Crippen LogP contribution < -0.4 is 0 Å². The number of fused-ring (bicyclic) bond motifs is 2. The first-order chi connectivity index (χ1) is 10.1. The van der Waals surface area contributed by atoms with Crippen molar-refractivity contribution in [1.29, 1.82) is 0 Å². The molecule has 4 heteroatoms. The Kier molecular flexibility index (Phi) is 3.30. The molecule has 3 saturated heterocycles. The summed E-state index contributed by atoms with van der Waals surface area (Å²) in [6.45, 7) is 0.733. The first-order valence-corrected chi connectivity index (χ1v) is 8.67. The summed E-state index contributed by atoms with van der Waals surface area (Å²) < 4.78 is 12.1. The summed E-state index contributed by atoms with van der Waals surface area (Å²) in [7, 11) is 0. The Hall–Kier alpha value is -0.610. The zero-order valence-electron chi connectivity index (χ0n) is 12.7. The second-order valence-electron chi connectivity index (χ2n) is 7.66. The van der Waals surface area contributed by atoms with Crippen molar-refractivity contribution in [2.24, 2.45) is 11.3 Å². The predicted molar refractivity (Wildman–Crippen MR) is 77.1 cm³/mol. The molecule has 1 N–H and O–H groups in total. The van der Waals surface area contributed by atoms with Gasteiger partial charge in [0.15, 0.2) is 0 Å². The van der Waals surface area contributed by atoms with Crippen molar-refractivity contribution in [2.45, 2.75) is 82.0 Å². The molecule has 4 rings (SSSR count). The fraction of sp³-hybridized carbons (Fsp3) is 0.941. The maximum absolute atomic E-state index is 12.2. The average molecular weight is 294 g/mol. The van der Waals surface area contributed by atoms with Crippen LogP contribution in [-0.4, -0.2) is 35.5 Å². The summed E-state index contributed by atoms with van der Waals surface area (Å²) in [6, 6.07) is 0. The maximum atomic E-state index is 12.2. The summed E-state index contributed by atoms with van der Waals surface area (Å²) in [4.78, 5) is 12.2. The third-order valence-corrected chi connectivity index (χ3v) is 6.63. The number of rotatable bonds is 2. The van der Waals surface area contributed by atoms with E-state index >= 15 is 0 Å². The Morgan fingerprint density at radius 3 is 2.48 bits per heavy atom. The minimum Gasteiger partial charge on any atom is -0.481 e. The van der Waals surface area contributed by atoms with Gasteiger partial charge in [0.05, 0.1) is 23.2 Å². The van der Waals surface area contributed by atoms with Gasteiger partial charge in [0, 0.05) is 6.61 Å². The molecule has 1 saturated carbocycles. The van der Waals surface area contributed by atoms with E-state index in [1.54, 1.807) is 0 Å². The van der Waals surface area contributed by atoms with E-state index in [1.165, 1.54) is 19.3 Å². The van der Waals surface area contributed by atoms with Crippen LogP contribution in [-0.2, 0) is 14.3 Å². The standard InChI is InChI=1S/C17H26O4/c18-15(19)17(11-13-4-5-14(17)21-13)12-6-9-20-16(10-12)7-2-1-3-8-16/h12-14H,1-11H2,(H,18,19). The molecule has 0 amide bonds. The molecule has 1 spiro atoms. The van der Waals surface area contributed by atoms with Gasteiger partial charge in [0.2, 0.25) is 0 Å². The fourth-order valence-corrected chi connectivity index (χ4v) is 5.58. The van der Waals surface area contributed by atoms with Gasteiger partial charge in [-0.25, -0.2) is 0 Å². The van der Waals surface area contributed by atoms with Crippen LogP contribution in [0.15, 0.2) is 0 Å². The van der Waals surface area contributed by atoms with Crippen molar-refractivity contribution in [3.8, 4) is 0 Å². The molecule has 0 aromatic carbocycles. The van der Waals surface area contributed by atoms with E-state index in [0.717, 1.165) is 51.6 Å². The molecule has 4 unspecified atom stereocenters. The molecule has 2 bridgehead atoms. The topological polar surface area (TPSA) is 55.8 Å². The van der Waals surface area contributed by atoms with Gasteiger partial charge in [-0.05, 0) is 50.9 Å². The zero-order valence-corrected chi connectivity index (χ0v) is 12.7. The second kappa shape index (κ2) is 4.95. The van der Waals surface area contributed by atoms with E-state index in [4.69, 9.17) is 9.47 Å². The van der Waals surface area contributed by atoms with Crippen LogP contribution in [0, 0.1) is 11.3 Å². The zero-order chi connectivity index (χ0) is 14.5. The second-order valence-corrected chi connectivity index (χ2v) is 7.66. The van der Waals surface area contributed by atoms with Crippen LogP contribution in [0.4, 0.5) is 0 Å². The molecular formula is C17H26O4. The third-order valence-electron chi connectivity index (χ3n) is 6.63. The van der Waals surface area contributed by atoms with Gasteiger partial charge >= 0.3 is 5.97 Å². The molecule has 4 aliphatic rings. The largest absolute Gasteiger partial charge is 0.481 e. The summed E-state index contributed by atoms with van der Waals surface area (Å²) in [5.74, 6) is -0.385. The summed E-state index contributed by atoms with van der Waals surface area (Å²) in [5.41, 5.74) is -0.650. The first-order valence-electron chi connectivity index (χ1n) is 8.67. The van der Waals surface area contributed by atoms with Crippen LogP contribution >= 0.6 is 0 Å². The lowest BCUT2D eigenvalue weighted by atomic mass is 9.60. The highest BCUT2D eigenvalue weighted by Crippen LogP contribution is 2.57. The number of hydrogen-bond donors (Lipinski definition) is 1. The molecule has 118 valence electrons. The Balaban J connectivity index is 1.60. The molecule has 0 aromatic rings. The molecule has 4 nitrogen and oxygen atoms in total. The Morgan fingerprint density at radius 2 is 1.86 bits per heavy atom. The number of carbonyl (C=O) groups is 1. The lowest BCUT2D eigenvalue weighted by molar-refractivity contribution is -0.173. The quantitative estimate of drug-likeness (QED) is 0.850. The molecule has 3 heterocycles. The van der Waals surface area contributed by atoms with Gasteiger partial charge in [0.25, 0.3) is 0 Å². The highest BCUT2D eigenvalue weighted by molar-refractivity contribution is 5.77. The van der Waals surface area contributed by atoms with Crippen molar-refractivity contribution in [3.05, 3.63) is 0 Å². The van der Waals surface area contributed by atoms with Crippen LogP contribution in [0.1, 0.15) is 64.2 Å². The van der Waals surface area contributed by atoms with Crippen molar-refractivity contribution in [3.63, 3.8) is 0 Å². The van der Waals surface area contributed by atoms with Gasteiger partial charge in [-0.3, -0.25) is 4.79 Å². The fourth-order valence-electron chi connectivity index (χ4n) is 5.58. The number of ether oxygens (including phenoxy) is 2. The van der Waals surface area contributed by atoms with E-state index in [2.05, 4.69) is 0 Å². The number of carboxylic acid groups (broad SMARTS) is 1. The van der Waals surface area contributed by atoms with Gasteiger partial charge in [-0.1, -0.05) is 19.3 Å². The highest BCUT2D eigenvalue weighted by atomic mass is 16.5. The molecular weight excluding hydrogens is 268 g/mol. The van der Waals surface area contributed by atoms with Crippen molar-refractivity contribution in [2.75, 3.05) is 6.61 Å². The Bertz CT molecular complexity index is 423. The average Bonchev–Trinajstić information content (AvgIpc) is 3.09. The summed E-state index contributed by atoms with van der Waals surface area (Å²) in [5, 5.41) is 10.0. The maximum Gasteiger partial charge on any atom is 0.312 e. The van der Waals surface area contributed by atoms with Gasteiger partial charge in [-0.2, -0.15) is 0 Å². The van der Waals surface area contributed by atoms with Crippen molar-refractivity contribution >= 4 is 5.97 Å². The lowest BCUT2D eigenvalue weighted by Crippen LogP contribution is -2.52. The molecule has 4 atom stereocenters. The van der Waals surface area contributed by atoms with E-state index in [-0.39, 0.29) is 23.7 Å². The number of hydrogen-bond acceptors (Lipinski definition) is 3. The van der Waals surface area contributed by atoms with Crippen LogP contribution in [0.2, 0.25) is 0 Å². The Labute approximate surface area is 126 Å². The lowest BCUT2D eigenvalue weighted by Gasteiger charge is -2.49. The highest BCUT2D eigenvalue weighted by Gasteiger charge is 2.62. The van der Waals surface area contributed by atoms with E-state index in [9.17, 15) is 9.90 Å². The van der Waals surface area contributed by atoms with E-state index < -0.39 is 11.4 Å². The van der Waals surface area contributed by atoms with Gasteiger partial charge in [-0.15, -0.1) is 0 Å². The SMILES string of the molecule is O=C(O)C1(C2CCOC3(CCCCC3)C2)CC2CCC1O2. The van der Waals surface area contributed by atoms with E-state index in [1.807, 2.05) is 0 Å². The molecule has 0 aromatic heterocycles. The number of aliphatic carboxylic acids is 1. The minimum absolute atomic E-state index is 0.0224. The number of carboxylic acids is 1. The van der Waals surface area contributed by atoms with Crippen molar-refractivity contribution in [1.82, 2.24) is 0 Å². The molecule has 21 heavy (non-hydrogen) atoms. The third kappa shape index (κ3) is 2.06. The normalized spacial score (nSPS) is 45.0. The minimum atomic E-state index is -0.628. The Morgan fingerprint density at radius 1 is 1.05 bits per heavy atom. The molecule has 4 fully saturated rings. The van der Waals surface area contributed by atoms with Gasteiger partial charge in [0.1, 0.15) is 0 Å². The molecule has 0 radical (unpaired) electrons. The van der Waals surface area contributed by atoms with Crippen LogP contribution in [0.3, 0.4) is 0 Å². The molecule has 1 aliphatic carbocycles. The summed E-state index contributed by atoms with van der Waals surface area (Å²) >= 11 is 0. The predicted octanol–water partition coefficient (Wildman–Crippen LogP) is 3.14. The monoisotopic (exact) mass is 294 g/mol. The smallest absolute Gasteiger partial charge is 0.312 e. The van der Waals surface area contributed by atoms with Gasteiger partial charge < -0.3 is 14.6 Å². The van der Waals surface area contributed by atoms with Crippen molar-refractivity contribution < 1.29 is 19.4 Å². The van der Waals surface area contributed by atoms with E-state index in [0.29, 0.717) is 0 Å². The molecule has 3 aliphatic heterocycles. The van der Waals surface area contributed by atoms with Crippen LogP contribution in [0.5, 0.6) is 0 Å². The van der Waals surface area contributed by atoms with Crippen LogP contribution in [0.25, 0.3) is 0 Å².